The third-order valence-corrected chi connectivity index (χ3v) is 4.46. The lowest BCUT2D eigenvalue weighted by molar-refractivity contribution is 0.0295. The zero-order valence-corrected chi connectivity index (χ0v) is 11.2. The van der Waals surface area contributed by atoms with Crippen LogP contribution in [-0.2, 0) is 4.74 Å². The summed E-state index contributed by atoms with van der Waals surface area (Å²) < 4.78 is 5.70. The van der Waals surface area contributed by atoms with Gasteiger partial charge in [0.2, 0.25) is 0 Å². The SMILES string of the molecule is CCOC(CN)CN1CCCC1C1CCCC1. The van der Waals surface area contributed by atoms with Gasteiger partial charge in [0.25, 0.3) is 0 Å². The van der Waals surface area contributed by atoms with Gasteiger partial charge >= 0.3 is 0 Å². The Morgan fingerprint density at radius 1 is 1.24 bits per heavy atom. The molecule has 1 aliphatic carbocycles. The largest absolute Gasteiger partial charge is 0.376 e. The van der Waals surface area contributed by atoms with E-state index >= 15 is 0 Å². The molecular formula is C14H28N2O. The lowest BCUT2D eigenvalue weighted by Gasteiger charge is -2.32. The Labute approximate surface area is 106 Å². The number of ether oxygens (including phenoxy) is 1. The van der Waals surface area contributed by atoms with Crippen LogP contribution < -0.4 is 5.73 Å². The molecule has 0 aromatic rings. The summed E-state index contributed by atoms with van der Waals surface area (Å²) in [5.41, 5.74) is 5.78. The highest BCUT2D eigenvalue weighted by molar-refractivity contribution is 4.88. The Morgan fingerprint density at radius 3 is 2.65 bits per heavy atom. The molecule has 0 spiro atoms. The second kappa shape index (κ2) is 6.72. The van der Waals surface area contributed by atoms with Gasteiger partial charge in [-0.05, 0) is 45.1 Å². The minimum absolute atomic E-state index is 0.238. The molecule has 1 saturated heterocycles. The van der Waals surface area contributed by atoms with E-state index in [1.165, 1.54) is 45.1 Å². The van der Waals surface area contributed by atoms with Crippen LogP contribution in [0.2, 0.25) is 0 Å². The Hall–Kier alpha value is -0.120. The molecule has 0 bridgehead atoms. The lowest BCUT2D eigenvalue weighted by Crippen LogP contribution is -2.43. The van der Waals surface area contributed by atoms with Crippen LogP contribution in [-0.4, -0.2) is 43.3 Å². The molecule has 0 aromatic carbocycles. The van der Waals surface area contributed by atoms with Gasteiger partial charge in [-0.25, -0.2) is 0 Å². The fourth-order valence-corrected chi connectivity index (χ4v) is 3.65. The van der Waals surface area contributed by atoms with Crippen molar-refractivity contribution in [2.75, 3.05) is 26.2 Å². The first-order valence-electron chi connectivity index (χ1n) is 7.40. The van der Waals surface area contributed by atoms with Crippen molar-refractivity contribution in [2.45, 2.75) is 57.6 Å². The molecule has 0 amide bonds. The predicted octanol–water partition coefficient (Wildman–Crippen LogP) is 2.00. The van der Waals surface area contributed by atoms with Crippen molar-refractivity contribution < 1.29 is 4.74 Å². The average Bonchev–Trinajstić information content (AvgIpc) is 2.98. The molecule has 2 rings (SSSR count). The number of rotatable bonds is 6. The van der Waals surface area contributed by atoms with Crippen molar-refractivity contribution in [1.82, 2.24) is 4.90 Å². The highest BCUT2D eigenvalue weighted by Crippen LogP contribution is 2.35. The molecule has 3 nitrogen and oxygen atoms in total. The van der Waals surface area contributed by atoms with Crippen molar-refractivity contribution >= 4 is 0 Å². The van der Waals surface area contributed by atoms with Gasteiger partial charge in [-0.15, -0.1) is 0 Å². The Bertz CT molecular complexity index is 216. The third-order valence-electron chi connectivity index (χ3n) is 4.46. The number of hydrogen-bond acceptors (Lipinski definition) is 3. The van der Waals surface area contributed by atoms with E-state index in [1.807, 2.05) is 0 Å². The zero-order valence-electron chi connectivity index (χ0n) is 11.2. The van der Waals surface area contributed by atoms with Gasteiger partial charge in [0.05, 0.1) is 6.10 Å². The van der Waals surface area contributed by atoms with E-state index < -0.39 is 0 Å². The normalized spacial score (nSPS) is 28.9. The van der Waals surface area contributed by atoms with Gasteiger partial charge in [-0.3, -0.25) is 4.90 Å². The maximum Gasteiger partial charge on any atom is 0.0823 e. The summed E-state index contributed by atoms with van der Waals surface area (Å²) in [5.74, 6) is 0.956. The van der Waals surface area contributed by atoms with Crippen molar-refractivity contribution in [1.29, 1.82) is 0 Å². The van der Waals surface area contributed by atoms with Crippen LogP contribution in [0.5, 0.6) is 0 Å². The molecule has 1 aliphatic heterocycles. The topological polar surface area (TPSA) is 38.5 Å². The third kappa shape index (κ3) is 3.43. The molecule has 17 heavy (non-hydrogen) atoms. The minimum atomic E-state index is 0.238. The van der Waals surface area contributed by atoms with E-state index in [2.05, 4.69) is 11.8 Å². The first kappa shape index (κ1) is 13.3. The summed E-state index contributed by atoms with van der Waals surface area (Å²) in [4.78, 5) is 2.66. The van der Waals surface area contributed by atoms with E-state index in [0.29, 0.717) is 6.54 Å². The molecule has 2 N–H and O–H groups in total. The highest BCUT2D eigenvalue weighted by atomic mass is 16.5. The average molecular weight is 240 g/mol. The Balaban J connectivity index is 1.85. The monoisotopic (exact) mass is 240 g/mol. The van der Waals surface area contributed by atoms with Crippen LogP contribution in [0.4, 0.5) is 0 Å². The van der Waals surface area contributed by atoms with E-state index in [-0.39, 0.29) is 6.10 Å². The first-order valence-corrected chi connectivity index (χ1v) is 7.40. The molecular weight excluding hydrogens is 212 g/mol. The molecule has 0 aromatic heterocycles. The van der Waals surface area contributed by atoms with Gasteiger partial charge in [-0.1, -0.05) is 12.8 Å². The predicted molar refractivity (Wildman–Crippen MR) is 71.0 cm³/mol. The molecule has 2 aliphatic rings. The van der Waals surface area contributed by atoms with Gasteiger partial charge in [0.15, 0.2) is 0 Å². The van der Waals surface area contributed by atoms with Crippen LogP contribution in [0.1, 0.15) is 45.4 Å². The zero-order chi connectivity index (χ0) is 12.1. The summed E-state index contributed by atoms with van der Waals surface area (Å²) in [7, 11) is 0. The van der Waals surface area contributed by atoms with Crippen LogP contribution in [0, 0.1) is 5.92 Å². The Morgan fingerprint density at radius 2 is 2.00 bits per heavy atom. The maximum atomic E-state index is 5.78. The summed E-state index contributed by atoms with van der Waals surface area (Å²) in [6.07, 6.45) is 8.79. The fourth-order valence-electron chi connectivity index (χ4n) is 3.65. The standard InChI is InChI=1S/C14H28N2O/c1-2-17-13(10-15)11-16-9-5-8-14(16)12-6-3-4-7-12/h12-14H,2-11,15H2,1H3. The number of hydrogen-bond donors (Lipinski definition) is 1. The van der Waals surface area contributed by atoms with E-state index in [4.69, 9.17) is 10.5 Å². The molecule has 1 saturated carbocycles. The summed E-state index contributed by atoms with van der Waals surface area (Å²) in [5, 5.41) is 0. The van der Waals surface area contributed by atoms with Crippen LogP contribution in [0.25, 0.3) is 0 Å². The quantitative estimate of drug-likeness (QED) is 0.772. The Kier molecular flexibility index (Phi) is 5.26. The van der Waals surface area contributed by atoms with Gasteiger partial charge in [0.1, 0.15) is 0 Å². The second-order valence-electron chi connectivity index (χ2n) is 5.56. The molecule has 0 radical (unpaired) electrons. The van der Waals surface area contributed by atoms with Gasteiger partial charge in [0, 0.05) is 25.7 Å². The van der Waals surface area contributed by atoms with E-state index in [1.54, 1.807) is 0 Å². The van der Waals surface area contributed by atoms with Crippen molar-refractivity contribution in [3.05, 3.63) is 0 Å². The molecule has 3 heteroatoms. The van der Waals surface area contributed by atoms with Crippen LogP contribution >= 0.6 is 0 Å². The summed E-state index contributed by atoms with van der Waals surface area (Å²) in [6.45, 7) is 5.79. The molecule has 1 heterocycles. The van der Waals surface area contributed by atoms with Crippen molar-refractivity contribution in [3.8, 4) is 0 Å². The van der Waals surface area contributed by atoms with Crippen molar-refractivity contribution in [2.24, 2.45) is 11.7 Å². The second-order valence-corrected chi connectivity index (χ2v) is 5.56. The lowest BCUT2D eigenvalue weighted by atomic mass is 9.96. The van der Waals surface area contributed by atoms with E-state index in [0.717, 1.165) is 25.1 Å². The fraction of sp³-hybridized carbons (Fsp3) is 1.00. The van der Waals surface area contributed by atoms with Crippen LogP contribution in [0.15, 0.2) is 0 Å². The first-order chi connectivity index (χ1) is 8.35. The number of likely N-dealkylation sites (tertiary alicyclic amines) is 1. The molecule has 2 atom stereocenters. The molecule has 2 unspecified atom stereocenters. The summed E-state index contributed by atoms with van der Waals surface area (Å²) in [6, 6.07) is 0.826. The van der Waals surface area contributed by atoms with Crippen LogP contribution in [0.3, 0.4) is 0 Å². The van der Waals surface area contributed by atoms with Gasteiger partial charge in [-0.2, -0.15) is 0 Å². The molecule has 2 fully saturated rings. The smallest absolute Gasteiger partial charge is 0.0823 e. The maximum absolute atomic E-state index is 5.78. The van der Waals surface area contributed by atoms with Gasteiger partial charge < -0.3 is 10.5 Å². The van der Waals surface area contributed by atoms with Crippen molar-refractivity contribution in [3.63, 3.8) is 0 Å². The summed E-state index contributed by atoms with van der Waals surface area (Å²) >= 11 is 0. The van der Waals surface area contributed by atoms with E-state index in [9.17, 15) is 0 Å². The highest BCUT2D eigenvalue weighted by Gasteiger charge is 2.33. The molecule has 100 valence electrons. The number of nitrogens with two attached hydrogens (primary N) is 1. The minimum Gasteiger partial charge on any atom is -0.376 e. The number of nitrogens with zero attached hydrogens (tertiary/aromatic N) is 1.